The maximum absolute atomic E-state index is 12.4. The molecule has 2 N–H and O–H groups in total. The summed E-state index contributed by atoms with van der Waals surface area (Å²) < 4.78 is 16.0. The van der Waals surface area contributed by atoms with Crippen molar-refractivity contribution in [2.45, 2.75) is 0 Å². The number of ether oxygens (including phenoxy) is 3. The zero-order valence-electron chi connectivity index (χ0n) is 18.0. The van der Waals surface area contributed by atoms with E-state index < -0.39 is 5.97 Å². The number of esters is 1. The molecule has 3 rings (SSSR count). The van der Waals surface area contributed by atoms with Crippen LogP contribution in [0.25, 0.3) is 0 Å². The topological polar surface area (TPSA) is 98.3 Å². The van der Waals surface area contributed by atoms with Crippen LogP contribution in [0.2, 0.25) is 5.02 Å². The molecule has 0 aromatic heterocycles. The smallest absolute Gasteiger partial charge is 0.345 e. The summed E-state index contributed by atoms with van der Waals surface area (Å²) >= 11 is 6.04. The maximum Gasteiger partial charge on any atom is 0.345 e. The Bertz CT molecular complexity index is 1170. The Hall–Kier alpha value is -4.04. The van der Waals surface area contributed by atoms with Gasteiger partial charge >= 0.3 is 5.97 Å². The summed E-state index contributed by atoms with van der Waals surface area (Å²) in [6, 6.07) is 18.7. The van der Waals surface area contributed by atoms with Gasteiger partial charge < -0.3 is 19.5 Å². The Balaban J connectivity index is 1.58. The van der Waals surface area contributed by atoms with Gasteiger partial charge in [-0.3, -0.25) is 4.79 Å². The van der Waals surface area contributed by atoms with Crippen LogP contribution < -0.4 is 25.0 Å². The van der Waals surface area contributed by atoms with Crippen LogP contribution >= 0.6 is 11.6 Å². The third kappa shape index (κ3) is 6.47. The summed E-state index contributed by atoms with van der Waals surface area (Å²) in [5.74, 6) is 0.244. The highest BCUT2D eigenvalue weighted by molar-refractivity contribution is 6.33. The molecule has 9 heteroatoms. The lowest BCUT2D eigenvalue weighted by Crippen LogP contribution is -2.26. The number of rotatable bonds is 9. The van der Waals surface area contributed by atoms with E-state index >= 15 is 0 Å². The van der Waals surface area contributed by atoms with E-state index in [9.17, 15) is 9.59 Å². The lowest BCUT2D eigenvalue weighted by atomic mass is 10.2. The van der Waals surface area contributed by atoms with Crippen LogP contribution in [0.5, 0.6) is 17.2 Å². The van der Waals surface area contributed by atoms with Gasteiger partial charge in [-0.2, -0.15) is 5.10 Å². The fourth-order valence-electron chi connectivity index (χ4n) is 2.81. The standard InChI is InChI=1S/C24H22ClN3O5/c1-31-20-10-6-5-9-19(20)26-15-23(29)28-27-14-16-11-12-21(22(13-16)32-2)33-24(30)17-7-3-4-8-18(17)25/h3-14,26H,15H2,1-2H3,(H,28,29). The summed E-state index contributed by atoms with van der Waals surface area (Å²) in [5, 5.41) is 7.22. The van der Waals surface area contributed by atoms with Crippen molar-refractivity contribution >= 4 is 35.4 Å². The fraction of sp³-hybridized carbons (Fsp3) is 0.125. The van der Waals surface area contributed by atoms with Gasteiger partial charge in [0.25, 0.3) is 5.91 Å². The number of nitrogens with zero attached hydrogens (tertiary/aromatic N) is 1. The molecule has 170 valence electrons. The van der Waals surface area contributed by atoms with E-state index in [0.717, 1.165) is 0 Å². The molecule has 33 heavy (non-hydrogen) atoms. The van der Waals surface area contributed by atoms with Crippen LogP contribution in [0.4, 0.5) is 5.69 Å². The predicted octanol–water partition coefficient (Wildman–Crippen LogP) is 4.14. The van der Waals surface area contributed by atoms with E-state index in [0.29, 0.717) is 27.8 Å². The molecule has 1 amide bonds. The van der Waals surface area contributed by atoms with E-state index in [1.54, 1.807) is 55.6 Å². The Kier molecular flexibility index (Phi) is 8.26. The minimum absolute atomic E-state index is 0.0119. The summed E-state index contributed by atoms with van der Waals surface area (Å²) in [7, 11) is 3.01. The van der Waals surface area contributed by atoms with Gasteiger partial charge in [0.05, 0.1) is 43.3 Å². The molecule has 0 saturated carbocycles. The SMILES string of the molecule is COc1ccccc1NCC(=O)NN=Cc1ccc(OC(=O)c2ccccc2Cl)c(OC)c1. The number of nitrogens with one attached hydrogen (secondary N) is 2. The first-order valence-corrected chi connectivity index (χ1v) is 10.2. The molecule has 0 fully saturated rings. The maximum atomic E-state index is 12.4. The van der Waals surface area contributed by atoms with Crippen LogP contribution in [-0.4, -0.2) is 38.9 Å². The fourth-order valence-corrected chi connectivity index (χ4v) is 3.03. The highest BCUT2D eigenvalue weighted by Crippen LogP contribution is 2.29. The number of amides is 1. The highest BCUT2D eigenvalue weighted by atomic mass is 35.5. The zero-order valence-corrected chi connectivity index (χ0v) is 18.8. The normalized spacial score (nSPS) is 10.5. The molecule has 0 spiro atoms. The minimum Gasteiger partial charge on any atom is -0.495 e. The van der Waals surface area contributed by atoms with E-state index in [1.165, 1.54) is 13.3 Å². The molecule has 0 atom stereocenters. The minimum atomic E-state index is -0.602. The Morgan fingerprint density at radius 2 is 1.67 bits per heavy atom. The first-order valence-electron chi connectivity index (χ1n) is 9.85. The van der Waals surface area contributed by atoms with Crippen molar-refractivity contribution in [3.63, 3.8) is 0 Å². The van der Waals surface area contributed by atoms with E-state index in [2.05, 4.69) is 15.8 Å². The monoisotopic (exact) mass is 467 g/mol. The quantitative estimate of drug-likeness (QED) is 0.212. The predicted molar refractivity (Wildman–Crippen MR) is 127 cm³/mol. The van der Waals surface area contributed by atoms with Gasteiger partial charge in [0.1, 0.15) is 5.75 Å². The third-order valence-electron chi connectivity index (χ3n) is 4.43. The number of carbonyl (C=O) groups is 2. The first-order chi connectivity index (χ1) is 16.0. The number of halogens is 1. The second kappa shape index (κ2) is 11.5. The second-order valence-corrected chi connectivity index (χ2v) is 7.03. The number of methoxy groups -OCH3 is 2. The lowest BCUT2D eigenvalue weighted by molar-refractivity contribution is -0.119. The van der Waals surface area contributed by atoms with Crippen LogP contribution in [0.1, 0.15) is 15.9 Å². The highest BCUT2D eigenvalue weighted by Gasteiger charge is 2.15. The summed E-state index contributed by atoms with van der Waals surface area (Å²) in [5.41, 5.74) is 4.01. The molecule has 0 aliphatic carbocycles. The van der Waals surface area contributed by atoms with Crippen molar-refractivity contribution in [2.75, 3.05) is 26.1 Å². The van der Waals surface area contributed by atoms with Crippen molar-refractivity contribution in [2.24, 2.45) is 5.10 Å². The number of benzene rings is 3. The number of hydrogen-bond donors (Lipinski definition) is 2. The van der Waals surface area contributed by atoms with E-state index in [4.69, 9.17) is 25.8 Å². The largest absolute Gasteiger partial charge is 0.495 e. The Labute approximate surface area is 196 Å². The molecule has 3 aromatic carbocycles. The Morgan fingerprint density at radius 3 is 2.42 bits per heavy atom. The molecule has 0 bridgehead atoms. The van der Waals surface area contributed by atoms with Gasteiger partial charge in [0.2, 0.25) is 0 Å². The van der Waals surface area contributed by atoms with Crippen molar-refractivity contribution in [1.29, 1.82) is 0 Å². The number of carbonyl (C=O) groups excluding carboxylic acids is 2. The Morgan fingerprint density at radius 1 is 0.939 bits per heavy atom. The molecule has 0 unspecified atom stereocenters. The molecular formula is C24H22ClN3O5. The van der Waals surface area contributed by atoms with Gasteiger partial charge in [-0.05, 0) is 48.0 Å². The van der Waals surface area contributed by atoms with Crippen LogP contribution in [0.15, 0.2) is 71.8 Å². The van der Waals surface area contributed by atoms with E-state index in [-0.39, 0.29) is 23.8 Å². The molecule has 8 nitrogen and oxygen atoms in total. The molecule has 0 aliphatic heterocycles. The van der Waals surface area contributed by atoms with Crippen LogP contribution in [0, 0.1) is 0 Å². The first kappa shape index (κ1) is 23.6. The van der Waals surface area contributed by atoms with Crippen molar-refractivity contribution < 1.29 is 23.8 Å². The molecule has 0 radical (unpaired) electrons. The van der Waals surface area contributed by atoms with Gasteiger partial charge in [-0.1, -0.05) is 35.9 Å². The second-order valence-electron chi connectivity index (χ2n) is 6.63. The number of para-hydroxylation sites is 2. The van der Waals surface area contributed by atoms with Crippen molar-refractivity contribution in [3.8, 4) is 17.2 Å². The molecule has 0 aliphatic rings. The number of anilines is 1. The molecule has 0 saturated heterocycles. The van der Waals surface area contributed by atoms with Gasteiger partial charge in [-0.15, -0.1) is 0 Å². The van der Waals surface area contributed by atoms with Crippen LogP contribution in [-0.2, 0) is 4.79 Å². The van der Waals surface area contributed by atoms with Crippen molar-refractivity contribution in [1.82, 2.24) is 5.43 Å². The number of hydrazone groups is 1. The van der Waals surface area contributed by atoms with Gasteiger partial charge in [0, 0.05) is 0 Å². The third-order valence-corrected chi connectivity index (χ3v) is 4.76. The summed E-state index contributed by atoms with van der Waals surface area (Å²) in [6.07, 6.45) is 1.45. The van der Waals surface area contributed by atoms with Crippen LogP contribution in [0.3, 0.4) is 0 Å². The van der Waals surface area contributed by atoms with Crippen molar-refractivity contribution in [3.05, 3.63) is 82.9 Å². The summed E-state index contributed by atoms with van der Waals surface area (Å²) in [4.78, 5) is 24.4. The van der Waals surface area contributed by atoms with Gasteiger partial charge in [0.15, 0.2) is 11.5 Å². The number of hydrogen-bond acceptors (Lipinski definition) is 7. The zero-order chi connectivity index (χ0) is 23.6. The van der Waals surface area contributed by atoms with E-state index in [1.807, 2.05) is 18.2 Å². The average molecular weight is 468 g/mol. The summed E-state index contributed by atoms with van der Waals surface area (Å²) in [6.45, 7) is 0.0119. The molecule has 0 heterocycles. The average Bonchev–Trinajstić information content (AvgIpc) is 2.83. The van der Waals surface area contributed by atoms with Gasteiger partial charge in [-0.25, -0.2) is 10.2 Å². The lowest BCUT2D eigenvalue weighted by Gasteiger charge is -2.11. The molecular weight excluding hydrogens is 446 g/mol. The molecule has 3 aromatic rings.